The van der Waals surface area contributed by atoms with Gasteiger partial charge in [-0.25, -0.2) is 9.98 Å². The van der Waals surface area contributed by atoms with Crippen LogP contribution in [0.25, 0.3) is 21.8 Å². The fraction of sp³-hybridized carbons (Fsp3) is 0.333. The molecular weight excluding hydrogens is 500 g/mol. The maximum absolute atomic E-state index is 6.43. The van der Waals surface area contributed by atoms with E-state index in [9.17, 15) is 0 Å². The van der Waals surface area contributed by atoms with Crippen molar-refractivity contribution in [2.45, 2.75) is 32.9 Å². The van der Waals surface area contributed by atoms with Gasteiger partial charge in [-0.2, -0.15) is 5.53 Å². The Bertz CT molecular complexity index is 1700. The molecule has 2 aromatic carbocycles. The molecule has 4 aliphatic rings. The number of fused-ring (bicyclic) bond motifs is 5. The summed E-state index contributed by atoms with van der Waals surface area (Å²) in [6.07, 6.45) is 1.88. The fourth-order valence-corrected chi connectivity index (χ4v) is 6.61. The van der Waals surface area contributed by atoms with Gasteiger partial charge in [0.25, 0.3) is 0 Å². The molecule has 0 aliphatic carbocycles. The number of pyridine rings is 2. The molecule has 4 aromatic rings. The lowest BCUT2D eigenvalue weighted by atomic mass is 9.78. The maximum Gasteiger partial charge on any atom is 0.166 e. The SMILES string of the molecule is Cc1cc(N)c2cc(C3=NC(c4ccc5nc(C)cc(N)c5c4)N(NN)C(C4CN5CCC4CC5)=N3)ccc2n1. The van der Waals surface area contributed by atoms with E-state index in [0.29, 0.717) is 23.1 Å². The molecule has 3 fully saturated rings. The van der Waals surface area contributed by atoms with E-state index < -0.39 is 6.17 Å². The summed E-state index contributed by atoms with van der Waals surface area (Å²) < 4.78 is 0. The molecule has 10 heteroatoms. The second-order valence-corrected chi connectivity index (χ2v) is 11.3. The van der Waals surface area contributed by atoms with Gasteiger partial charge in [-0.15, -0.1) is 0 Å². The summed E-state index contributed by atoms with van der Waals surface area (Å²) in [5.74, 6) is 8.60. The van der Waals surface area contributed by atoms with Crippen LogP contribution in [0.3, 0.4) is 0 Å². The van der Waals surface area contributed by atoms with Gasteiger partial charge in [-0.3, -0.25) is 20.8 Å². The second kappa shape index (κ2) is 9.51. The van der Waals surface area contributed by atoms with Gasteiger partial charge in [0.05, 0.1) is 11.0 Å². The van der Waals surface area contributed by atoms with Crippen molar-refractivity contribution < 1.29 is 0 Å². The van der Waals surface area contributed by atoms with Crippen molar-refractivity contribution in [2.75, 3.05) is 31.1 Å². The number of aryl methyl sites for hydroxylation is 2. The Morgan fingerprint density at radius 1 is 0.850 bits per heavy atom. The molecule has 2 atom stereocenters. The van der Waals surface area contributed by atoms with E-state index in [-0.39, 0.29) is 5.92 Å². The number of hydrogen-bond donors (Lipinski definition) is 4. The number of hydrogen-bond acceptors (Lipinski definition) is 10. The van der Waals surface area contributed by atoms with Gasteiger partial charge < -0.3 is 16.4 Å². The Labute approximate surface area is 232 Å². The summed E-state index contributed by atoms with van der Waals surface area (Å²) >= 11 is 0. The molecule has 7 N–H and O–H groups in total. The van der Waals surface area contributed by atoms with Gasteiger partial charge >= 0.3 is 0 Å². The van der Waals surface area contributed by atoms with Gasteiger partial charge in [0, 0.05) is 51.6 Å². The molecule has 6 heterocycles. The van der Waals surface area contributed by atoms with E-state index in [4.69, 9.17) is 27.3 Å². The average molecular weight is 535 g/mol. The maximum atomic E-state index is 6.43. The van der Waals surface area contributed by atoms with Crippen LogP contribution in [0.15, 0.2) is 58.5 Å². The van der Waals surface area contributed by atoms with Gasteiger partial charge in [-0.1, -0.05) is 6.07 Å². The van der Waals surface area contributed by atoms with Crippen molar-refractivity contribution in [1.29, 1.82) is 0 Å². The molecule has 3 saturated heterocycles. The zero-order valence-corrected chi connectivity index (χ0v) is 22.8. The molecule has 0 saturated carbocycles. The number of nitrogen functional groups attached to an aromatic ring is 2. The molecule has 0 amide bonds. The number of rotatable bonds is 4. The quantitative estimate of drug-likeness (QED) is 0.230. The zero-order chi connectivity index (χ0) is 27.5. The number of benzene rings is 2. The van der Waals surface area contributed by atoms with Crippen molar-refractivity contribution in [3.8, 4) is 0 Å². The average Bonchev–Trinajstić information content (AvgIpc) is 2.96. The molecule has 40 heavy (non-hydrogen) atoms. The van der Waals surface area contributed by atoms with Gasteiger partial charge in [0.15, 0.2) is 12.0 Å². The number of aromatic nitrogens is 2. The van der Waals surface area contributed by atoms with Crippen molar-refractivity contribution in [3.63, 3.8) is 0 Å². The Balaban J connectivity index is 1.39. The molecule has 10 nitrogen and oxygen atoms in total. The van der Waals surface area contributed by atoms with E-state index in [2.05, 4.69) is 32.5 Å². The normalized spacial score (nSPS) is 24.4. The van der Waals surface area contributed by atoms with Crippen LogP contribution >= 0.6 is 0 Å². The molecule has 4 aliphatic heterocycles. The predicted molar refractivity (Wildman–Crippen MR) is 160 cm³/mol. The molecule has 2 aromatic heterocycles. The number of anilines is 2. The van der Waals surface area contributed by atoms with Crippen molar-refractivity contribution in [2.24, 2.45) is 27.7 Å². The highest BCUT2D eigenvalue weighted by molar-refractivity contribution is 6.10. The van der Waals surface area contributed by atoms with Crippen LogP contribution in [-0.2, 0) is 0 Å². The number of piperidine rings is 3. The zero-order valence-electron chi connectivity index (χ0n) is 22.8. The molecule has 0 radical (unpaired) electrons. The first-order chi connectivity index (χ1) is 19.4. The highest BCUT2D eigenvalue weighted by Crippen LogP contribution is 2.38. The summed E-state index contributed by atoms with van der Waals surface area (Å²) in [5, 5.41) is 3.71. The number of nitrogens with zero attached hydrogens (tertiary/aromatic N) is 6. The van der Waals surface area contributed by atoms with Crippen LogP contribution in [-0.4, -0.2) is 51.2 Å². The third-order valence-corrected chi connectivity index (χ3v) is 8.60. The van der Waals surface area contributed by atoms with E-state index in [1.54, 1.807) is 0 Å². The minimum atomic E-state index is -0.447. The number of aliphatic imine (C=N–C) groups is 2. The molecule has 2 bridgehead atoms. The van der Waals surface area contributed by atoms with E-state index in [1.807, 2.05) is 55.3 Å². The predicted octanol–water partition coefficient (Wildman–Crippen LogP) is 3.44. The minimum absolute atomic E-state index is 0.247. The molecule has 2 unspecified atom stereocenters. The number of nitrogens with one attached hydrogen (secondary N) is 1. The largest absolute Gasteiger partial charge is 0.398 e. The molecule has 204 valence electrons. The number of hydrazine groups is 2. The van der Waals surface area contributed by atoms with Crippen LogP contribution in [0.1, 0.15) is 41.5 Å². The topological polar surface area (TPSA) is 147 Å². The van der Waals surface area contributed by atoms with Crippen LogP contribution in [0.2, 0.25) is 0 Å². The summed E-state index contributed by atoms with van der Waals surface area (Å²) in [5.41, 5.74) is 22.5. The Hall–Kier alpha value is -4.12. The van der Waals surface area contributed by atoms with Crippen molar-refractivity contribution in [1.82, 2.24) is 25.4 Å². The van der Waals surface area contributed by atoms with Gasteiger partial charge in [0.2, 0.25) is 0 Å². The standard InChI is InChI=1S/C30H34N10/c1-16-11-24(31)21-13-19(3-5-26(21)34-16)28-36-29(20-4-6-27-22(14-20)25(32)12-17(2)35-27)40(38-33)30(37-28)23-15-39-9-7-18(23)8-10-39/h3-6,11-14,18,23,29,38H,7-10,15,33H2,1-2H3,(H2,31,34)(H2,32,35). The lowest BCUT2D eigenvalue weighted by Gasteiger charge is -2.48. The van der Waals surface area contributed by atoms with E-state index in [1.165, 1.54) is 0 Å². The van der Waals surface area contributed by atoms with E-state index in [0.717, 1.165) is 82.6 Å². The monoisotopic (exact) mass is 534 g/mol. The van der Waals surface area contributed by atoms with Crippen molar-refractivity contribution in [3.05, 3.63) is 71.0 Å². The van der Waals surface area contributed by atoms with Crippen LogP contribution < -0.4 is 22.8 Å². The van der Waals surface area contributed by atoms with Gasteiger partial charge in [0.1, 0.15) is 5.84 Å². The van der Waals surface area contributed by atoms with Crippen LogP contribution in [0.5, 0.6) is 0 Å². The third-order valence-electron chi connectivity index (χ3n) is 8.60. The highest BCUT2D eigenvalue weighted by atomic mass is 15.7. The number of amidine groups is 2. The summed E-state index contributed by atoms with van der Waals surface area (Å²) in [4.78, 5) is 22.2. The Morgan fingerprint density at radius 2 is 1.50 bits per heavy atom. The first-order valence-electron chi connectivity index (χ1n) is 13.9. The Morgan fingerprint density at radius 3 is 2.12 bits per heavy atom. The van der Waals surface area contributed by atoms with Gasteiger partial charge in [-0.05, 0) is 93.7 Å². The third kappa shape index (κ3) is 4.16. The smallest absolute Gasteiger partial charge is 0.166 e. The van der Waals surface area contributed by atoms with Crippen LogP contribution in [0, 0.1) is 25.7 Å². The Kier molecular flexibility index (Phi) is 5.92. The van der Waals surface area contributed by atoms with Crippen LogP contribution in [0.4, 0.5) is 11.4 Å². The summed E-state index contributed by atoms with van der Waals surface area (Å²) in [6.45, 7) is 7.14. The lowest BCUT2D eigenvalue weighted by Crippen LogP contribution is -2.59. The molecule has 8 rings (SSSR count). The minimum Gasteiger partial charge on any atom is -0.398 e. The van der Waals surface area contributed by atoms with E-state index >= 15 is 0 Å². The highest BCUT2D eigenvalue weighted by Gasteiger charge is 2.42. The number of nitrogens with two attached hydrogens (primary N) is 3. The fourth-order valence-electron chi connectivity index (χ4n) is 6.61. The lowest BCUT2D eigenvalue weighted by molar-refractivity contribution is 0.0696. The summed E-state index contributed by atoms with van der Waals surface area (Å²) in [7, 11) is 0. The molecular formula is C30H34N10. The molecule has 0 spiro atoms. The van der Waals surface area contributed by atoms with Crippen molar-refractivity contribution >= 4 is 44.9 Å². The first kappa shape index (κ1) is 24.9. The first-order valence-corrected chi connectivity index (χ1v) is 13.9. The second-order valence-electron chi connectivity index (χ2n) is 11.3. The summed E-state index contributed by atoms with van der Waals surface area (Å²) in [6, 6.07) is 16.0.